The first-order valence-electron chi connectivity index (χ1n) is 7.11. The van der Waals surface area contributed by atoms with Gasteiger partial charge in [0, 0.05) is 12.6 Å². The van der Waals surface area contributed by atoms with Crippen LogP contribution >= 0.6 is 0 Å². The molecule has 2 rings (SSSR count). The molecule has 4 nitrogen and oxygen atoms in total. The second kappa shape index (κ2) is 6.75. The summed E-state index contributed by atoms with van der Waals surface area (Å²) in [7, 11) is 3.18. The zero-order valence-corrected chi connectivity index (χ0v) is 12.5. The molecule has 1 atom stereocenters. The molecule has 0 aliphatic carbocycles. The molecule has 1 aromatic rings. The third-order valence-corrected chi connectivity index (χ3v) is 3.82. The van der Waals surface area contributed by atoms with Gasteiger partial charge in [-0.25, -0.2) is 0 Å². The van der Waals surface area contributed by atoms with Crippen LogP contribution in [0.3, 0.4) is 0 Å². The number of likely N-dealkylation sites (tertiary alicyclic amines) is 1. The molecule has 1 aliphatic heterocycles. The highest BCUT2D eigenvalue weighted by atomic mass is 16.5. The minimum absolute atomic E-state index is 0.110. The van der Waals surface area contributed by atoms with Gasteiger partial charge in [-0.1, -0.05) is 6.92 Å². The van der Waals surface area contributed by atoms with Crippen LogP contribution in [-0.4, -0.2) is 44.5 Å². The maximum absolute atomic E-state index is 12.4. The van der Waals surface area contributed by atoms with E-state index in [0.717, 1.165) is 13.1 Å². The molecule has 0 aromatic heterocycles. The van der Waals surface area contributed by atoms with Gasteiger partial charge in [0.15, 0.2) is 5.78 Å². The molecule has 1 saturated heterocycles. The van der Waals surface area contributed by atoms with Crippen LogP contribution in [0.1, 0.15) is 30.1 Å². The molecular weight excluding hydrogens is 254 g/mol. The summed E-state index contributed by atoms with van der Waals surface area (Å²) in [6.07, 6.45) is 2.44. The molecule has 0 bridgehead atoms. The molecule has 0 radical (unpaired) electrons. The SMILES string of the molecule is COc1ccc(C(=O)CN2CCCC(C)C2)c(OC)c1. The topological polar surface area (TPSA) is 38.8 Å². The number of hydrogen-bond acceptors (Lipinski definition) is 4. The maximum Gasteiger partial charge on any atom is 0.180 e. The Bertz CT molecular complexity index is 473. The van der Waals surface area contributed by atoms with Crippen molar-refractivity contribution in [3.8, 4) is 11.5 Å². The molecule has 20 heavy (non-hydrogen) atoms. The first-order valence-corrected chi connectivity index (χ1v) is 7.11. The number of methoxy groups -OCH3 is 2. The zero-order valence-electron chi connectivity index (χ0n) is 12.5. The van der Waals surface area contributed by atoms with Crippen molar-refractivity contribution in [1.82, 2.24) is 4.90 Å². The second-order valence-corrected chi connectivity index (χ2v) is 5.47. The van der Waals surface area contributed by atoms with Crippen molar-refractivity contribution in [2.45, 2.75) is 19.8 Å². The number of carbonyl (C=O) groups is 1. The van der Waals surface area contributed by atoms with E-state index in [2.05, 4.69) is 11.8 Å². The average Bonchev–Trinajstić information content (AvgIpc) is 2.46. The summed E-state index contributed by atoms with van der Waals surface area (Å²) in [5, 5.41) is 0. The fourth-order valence-corrected chi connectivity index (χ4v) is 2.75. The largest absolute Gasteiger partial charge is 0.497 e. The van der Waals surface area contributed by atoms with E-state index in [1.165, 1.54) is 12.8 Å². The van der Waals surface area contributed by atoms with E-state index in [0.29, 0.717) is 29.5 Å². The number of nitrogens with zero attached hydrogens (tertiary/aromatic N) is 1. The molecule has 1 fully saturated rings. The van der Waals surface area contributed by atoms with E-state index in [1.807, 2.05) is 0 Å². The van der Waals surface area contributed by atoms with Gasteiger partial charge in [0.1, 0.15) is 11.5 Å². The Kier molecular flexibility index (Phi) is 5.01. The van der Waals surface area contributed by atoms with Gasteiger partial charge in [-0.15, -0.1) is 0 Å². The number of rotatable bonds is 5. The minimum atomic E-state index is 0.110. The Morgan fingerprint density at radius 2 is 2.15 bits per heavy atom. The van der Waals surface area contributed by atoms with Gasteiger partial charge in [-0.2, -0.15) is 0 Å². The quantitative estimate of drug-likeness (QED) is 0.776. The van der Waals surface area contributed by atoms with E-state index in [9.17, 15) is 4.79 Å². The Balaban J connectivity index is 2.08. The van der Waals surface area contributed by atoms with Crippen LogP contribution in [0.5, 0.6) is 11.5 Å². The van der Waals surface area contributed by atoms with E-state index in [1.54, 1.807) is 32.4 Å². The summed E-state index contributed by atoms with van der Waals surface area (Å²) >= 11 is 0. The summed E-state index contributed by atoms with van der Waals surface area (Å²) in [5.41, 5.74) is 0.631. The summed E-state index contributed by atoms with van der Waals surface area (Å²) < 4.78 is 10.5. The predicted molar refractivity (Wildman–Crippen MR) is 78.7 cm³/mol. The lowest BCUT2D eigenvalue weighted by Gasteiger charge is -2.30. The van der Waals surface area contributed by atoms with Gasteiger partial charge in [-0.3, -0.25) is 9.69 Å². The standard InChI is InChI=1S/C16H23NO3/c1-12-5-4-8-17(10-12)11-15(18)14-7-6-13(19-2)9-16(14)20-3/h6-7,9,12H,4-5,8,10-11H2,1-3H3. The fraction of sp³-hybridized carbons (Fsp3) is 0.562. The fourth-order valence-electron chi connectivity index (χ4n) is 2.75. The lowest BCUT2D eigenvalue weighted by molar-refractivity contribution is 0.0890. The normalized spacial score (nSPS) is 19.6. The Morgan fingerprint density at radius 3 is 2.80 bits per heavy atom. The smallest absolute Gasteiger partial charge is 0.180 e. The molecule has 1 unspecified atom stereocenters. The molecule has 1 heterocycles. The Hall–Kier alpha value is -1.55. The van der Waals surface area contributed by atoms with Crippen molar-refractivity contribution in [1.29, 1.82) is 0 Å². The lowest BCUT2D eigenvalue weighted by Crippen LogP contribution is -2.38. The van der Waals surface area contributed by atoms with Crippen LogP contribution < -0.4 is 9.47 Å². The maximum atomic E-state index is 12.4. The van der Waals surface area contributed by atoms with Gasteiger partial charge in [0.05, 0.1) is 26.3 Å². The molecule has 0 N–H and O–H groups in total. The summed E-state index contributed by atoms with van der Waals surface area (Å²) in [4.78, 5) is 14.7. The van der Waals surface area contributed by atoms with Gasteiger partial charge in [-0.05, 0) is 37.4 Å². The first-order chi connectivity index (χ1) is 9.63. The Labute approximate surface area is 120 Å². The third-order valence-electron chi connectivity index (χ3n) is 3.82. The zero-order chi connectivity index (χ0) is 14.5. The minimum Gasteiger partial charge on any atom is -0.497 e. The summed E-state index contributed by atoms with van der Waals surface area (Å²) in [6, 6.07) is 5.34. The monoisotopic (exact) mass is 277 g/mol. The highest BCUT2D eigenvalue weighted by Crippen LogP contribution is 2.25. The number of ether oxygens (including phenoxy) is 2. The summed E-state index contributed by atoms with van der Waals surface area (Å²) in [5.74, 6) is 2.07. The number of Topliss-reactive ketones (excluding diaryl/α,β-unsaturated/α-hetero) is 1. The first kappa shape index (κ1) is 14.9. The average molecular weight is 277 g/mol. The van der Waals surface area contributed by atoms with E-state index < -0.39 is 0 Å². The van der Waals surface area contributed by atoms with E-state index in [4.69, 9.17) is 9.47 Å². The number of benzene rings is 1. The van der Waals surface area contributed by atoms with Crippen LogP contribution in [0.4, 0.5) is 0 Å². The molecular formula is C16H23NO3. The van der Waals surface area contributed by atoms with E-state index in [-0.39, 0.29) is 5.78 Å². The van der Waals surface area contributed by atoms with Crippen LogP contribution in [0.2, 0.25) is 0 Å². The van der Waals surface area contributed by atoms with Crippen molar-refractivity contribution in [2.24, 2.45) is 5.92 Å². The molecule has 110 valence electrons. The van der Waals surface area contributed by atoms with Crippen LogP contribution in [0.15, 0.2) is 18.2 Å². The molecule has 0 amide bonds. The number of piperidine rings is 1. The molecule has 1 aromatic carbocycles. The van der Waals surface area contributed by atoms with Crippen LogP contribution in [0.25, 0.3) is 0 Å². The van der Waals surface area contributed by atoms with Gasteiger partial charge >= 0.3 is 0 Å². The van der Waals surface area contributed by atoms with Gasteiger partial charge in [0.25, 0.3) is 0 Å². The van der Waals surface area contributed by atoms with Crippen molar-refractivity contribution >= 4 is 5.78 Å². The lowest BCUT2D eigenvalue weighted by atomic mass is 9.99. The summed E-state index contributed by atoms with van der Waals surface area (Å²) in [6.45, 7) is 4.72. The van der Waals surface area contributed by atoms with E-state index >= 15 is 0 Å². The highest BCUT2D eigenvalue weighted by Gasteiger charge is 2.21. The van der Waals surface area contributed by atoms with Crippen LogP contribution in [-0.2, 0) is 0 Å². The van der Waals surface area contributed by atoms with Crippen molar-refractivity contribution < 1.29 is 14.3 Å². The van der Waals surface area contributed by atoms with Crippen molar-refractivity contribution in [2.75, 3.05) is 33.9 Å². The highest BCUT2D eigenvalue weighted by molar-refractivity contribution is 6.00. The van der Waals surface area contributed by atoms with Crippen molar-refractivity contribution in [3.05, 3.63) is 23.8 Å². The van der Waals surface area contributed by atoms with Gasteiger partial charge in [0.2, 0.25) is 0 Å². The van der Waals surface area contributed by atoms with Gasteiger partial charge < -0.3 is 9.47 Å². The number of carbonyl (C=O) groups excluding carboxylic acids is 1. The predicted octanol–water partition coefficient (Wildman–Crippen LogP) is 2.62. The molecule has 0 spiro atoms. The van der Waals surface area contributed by atoms with Crippen LogP contribution in [0, 0.1) is 5.92 Å². The third kappa shape index (κ3) is 3.51. The molecule has 1 aliphatic rings. The van der Waals surface area contributed by atoms with Crippen molar-refractivity contribution in [3.63, 3.8) is 0 Å². The number of ketones is 1. The molecule has 0 saturated carbocycles. The Morgan fingerprint density at radius 1 is 1.35 bits per heavy atom. The molecule has 4 heteroatoms. The second-order valence-electron chi connectivity index (χ2n) is 5.47. The number of hydrogen-bond donors (Lipinski definition) is 0.